The molecule has 0 heterocycles. The van der Waals surface area contributed by atoms with E-state index < -0.39 is 11.7 Å². The number of halogens is 2. The minimum Gasteiger partial charge on any atom is -0.298 e. The molecule has 1 aromatic rings. The molecule has 0 amide bonds. The molecule has 0 N–H and O–H groups in total. The van der Waals surface area contributed by atoms with Gasteiger partial charge in [0.2, 0.25) is 0 Å². The van der Waals surface area contributed by atoms with E-state index in [-0.39, 0.29) is 16.4 Å². The number of carbonyl (C=O) groups is 1. The van der Waals surface area contributed by atoms with Gasteiger partial charge in [-0.3, -0.25) is 4.79 Å². The van der Waals surface area contributed by atoms with E-state index in [1.165, 1.54) is 37.5 Å². The molecule has 112 valence electrons. The SMILES string of the molecule is N#CC(C(=O)CCC1CCCCC1)c1c(F)cccc1Cl. The van der Waals surface area contributed by atoms with Crippen molar-refractivity contribution >= 4 is 17.4 Å². The normalized spacial score (nSPS) is 17.2. The maximum absolute atomic E-state index is 13.9. The minimum absolute atomic E-state index is 0.0234. The van der Waals surface area contributed by atoms with E-state index in [0.29, 0.717) is 12.3 Å². The van der Waals surface area contributed by atoms with Crippen LogP contribution in [0.25, 0.3) is 0 Å². The third kappa shape index (κ3) is 4.04. The fourth-order valence-corrected chi connectivity index (χ4v) is 3.32. The second-order valence-electron chi connectivity index (χ2n) is 5.71. The quantitative estimate of drug-likeness (QED) is 0.766. The summed E-state index contributed by atoms with van der Waals surface area (Å²) in [4.78, 5) is 12.3. The van der Waals surface area contributed by atoms with Crippen molar-refractivity contribution in [3.05, 3.63) is 34.6 Å². The monoisotopic (exact) mass is 307 g/mol. The van der Waals surface area contributed by atoms with Crippen molar-refractivity contribution in [1.29, 1.82) is 5.26 Å². The molecule has 0 bridgehead atoms. The van der Waals surface area contributed by atoms with Gasteiger partial charge in [-0.2, -0.15) is 5.26 Å². The number of rotatable bonds is 5. The number of Topliss-reactive ketones (excluding diaryl/α,β-unsaturated/α-hetero) is 1. The highest BCUT2D eigenvalue weighted by molar-refractivity contribution is 6.31. The first-order valence-corrected chi connectivity index (χ1v) is 7.87. The van der Waals surface area contributed by atoms with Crippen LogP contribution < -0.4 is 0 Å². The van der Waals surface area contributed by atoms with Crippen LogP contribution in [0.5, 0.6) is 0 Å². The highest BCUT2D eigenvalue weighted by Crippen LogP contribution is 2.31. The van der Waals surface area contributed by atoms with Gasteiger partial charge in [-0.25, -0.2) is 4.39 Å². The van der Waals surface area contributed by atoms with Crippen molar-refractivity contribution in [3.8, 4) is 6.07 Å². The molecule has 2 nitrogen and oxygen atoms in total. The first kappa shape index (κ1) is 16.0. The van der Waals surface area contributed by atoms with E-state index in [1.54, 1.807) is 0 Å². The molecule has 1 fully saturated rings. The molecule has 2 rings (SSSR count). The van der Waals surface area contributed by atoms with Crippen molar-refractivity contribution in [2.75, 3.05) is 0 Å². The summed E-state index contributed by atoms with van der Waals surface area (Å²) in [7, 11) is 0. The van der Waals surface area contributed by atoms with Gasteiger partial charge < -0.3 is 0 Å². The van der Waals surface area contributed by atoms with Gasteiger partial charge in [0.1, 0.15) is 11.7 Å². The lowest BCUT2D eigenvalue weighted by Crippen LogP contribution is -2.15. The fraction of sp³-hybridized carbons (Fsp3) is 0.529. The summed E-state index contributed by atoms with van der Waals surface area (Å²) in [6, 6.07) is 6.14. The Morgan fingerprint density at radius 3 is 2.71 bits per heavy atom. The lowest BCUT2D eigenvalue weighted by molar-refractivity contribution is -0.119. The second-order valence-corrected chi connectivity index (χ2v) is 6.11. The van der Waals surface area contributed by atoms with Crippen molar-refractivity contribution in [2.24, 2.45) is 5.92 Å². The van der Waals surface area contributed by atoms with E-state index in [1.807, 2.05) is 6.07 Å². The molecule has 0 spiro atoms. The zero-order valence-electron chi connectivity index (χ0n) is 11.9. The molecule has 4 heteroatoms. The van der Waals surface area contributed by atoms with E-state index in [2.05, 4.69) is 0 Å². The molecule has 1 atom stereocenters. The number of ketones is 1. The molecule has 0 aliphatic heterocycles. The zero-order valence-corrected chi connectivity index (χ0v) is 12.7. The predicted octanol–water partition coefficient (Wildman–Crippen LogP) is 5.02. The first-order chi connectivity index (χ1) is 10.1. The van der Waals surface area contributed by atoms with E-state index in [0.717, 1.165) is 19.3 Å². The number of hydrogen-bond acceptors (Lipinski definition) is 2. The van der Waals surface area contributed by atoms with Crippen molar-refractivity contribution in [1.82, 2.24) is 0 Å². The molecule has 1 aliphatic carbocycles. The van der Waals surface area contributed by atoms with Crippen LogP contribution in [0.2, 0.25) is 5.02 Å². The van der Waals surface area contributed by atoms with Gasteiger partial charge in [0, 0.05) is 17.0 Å². The number of carbonyl (C=O) groups excluding carboxylic acids is 1. The lowest BCUT2D eigenvalue weighted by Gasteiger charge is -2.21. The molecule has 1 unspecified atom stereocenters. The Bertz CT molecular complexity index is 526. The Morgan fingerprint density at radius 1 is 1.38 bits per heavy atom. The van der Waals surface area contributed by atoms with Gasteiger partial charge in [-0.05, 0) is 24.5 Å². The van der Waals surface area contributed by atoms with Crippen LogP contribution in [0, 0.1) is 23.1 Å². The Hall–Kier alpha value is -1.40. The fourth-order valence-electron chi connectivity index (χ4n) is 3.05. The van der Waals surface area contributed by atoms with Crippen LogP contribution in [0.15, 0.2) is 18.2 Å². The first-order valence-electron chi connectivity index (χ1n) is 7.49. The van der Waals surface area contributed by atoms with Crippen LogP contribution in [0.1, 0.15) is 56.4 Å². The molecular formula is C17H19ClFNO. The average molecular weight is 308 g/mol. The van der Waals surface area contributed by atoms with Gasteiger partial charge in [-0.15, -0.1) is 0 Å². The largest absolute Gasteiger partial charge is 0.298 e. The Balaban J connectivity index is 2.03. The lowest BCUT2D eigenvalue weighted by atomic mass is 9.84. The van der Waals surface area contributed by atoms with Gasteiger partial charge >= 0.3 is 0 Å². The molecule has 0 saturated heterocycles. The maximum atomic E-state index is 13.9. The summed E-state index contributed by atoms with van der Waals surface area (Å²) in [5.41, 5.74) is 0.0234. The maximum Gasteiger partial charge on any atom is 0.154 e. The Kier molecular flexibility index (Phi) is 5.76. The van der Waals surface area contributed by atoms with Crippen LogP contribution >= 0.6 is 11.6 Å². The molecule has 21 heavy (non-hydrogen) atoms. The standard InChI is InChI=1S/C17H19ClFNO/c18-14-7-4-8-15(19)17(14)13(11-20)16(21)10-9-12-5-2-1-3-6-12/h4,7-8,12-13H,1-3,5-6,9-10H2. The smallest absolute Gasteiger partial charge is 0.154 e. The summed E-state index contributed by atoms with van der Waals surface area (Å²) < 4.78 is 13.9. The topological polar surface area (TPSA) is 40.9 Å². The van der Waals surface area contributed by atoms with Crippen LogP contribution in [0.3, 0.4) is 0 Å². The van der Waals surface area contributed by atoms with Crippen molar-refractivity contribution in [2.45, 2.75) is 50.9 Å². The zero-order chi connectivity index (χ0) is 15.2. The highest BCUT2D eigenvalue weighted by Gasteiger charge is 2.26. The van der Waals surface area contributed by atoms with Crippen LogP contribution in [-0.4, -0.2) is 5.78 Å². The summed E-state index contributed by atoms with van der Waals surface area (Å²) in [5, 5.41) is 9.39. The van der Waals surface area contributed by atoms with Crippen molar-refractivity contribution in [3.63, 3.8) is 0 Å². The van der Waals surface area contributed by atoms with E-state index >= 15 is 0 Å². The van der Waals surface area contributed by atoms with Gasteiger partial charge in [0.15, 0.2) is 5.78 Å². The summed E-state index contributed by atoms with van der Waals surface area (Å²) in [6.45, 7) is 0. The van der Waals surface area contributed by atoms with E-state index in [4.69, 9.17) is 11.6 Å². The number of benzene rings is 1. The number of nitrogens with zero attached hydrogens (tertiary/aromatic N) is 1. The van der Waals surface area contributed by atoms with Crippen LogP contribution in [-0.2, 0) is 4.79 Å². The molecular weight excluding hydrogens is 289 g/mol. The molecule has 0 aromatic heterocycles. The Labute approximate surface area is 129 Å². The van der Waals surface area contributed by atoms with Gasteiger partial charge in [0.05, 0.1) is 6.07 Å². The van der Waals surface area contributed by atoms with Crippen LogP contribution in [0.4, 0.5) is 4.39 Å². The molecule has 1 saturated carbocycles. The number of nitriles is 1. The predicted molar refractivity (Wildman–Crippen MR) is 80.6 cm³/mol. The second kappa shape index (κ2) is 7.56. The molecule has 0 radical (unpaired) electrons. The minimum atomic E-state index is -1.10. The summed E-state index contributed by atoms with van der Waals surface area (Å²) >= 11 is 5.95. The molecule has 1 aliphatic rings. The third-order valence-corrected chi connectivity index (χ3v) is 4.59. The van der Waals surface area contributed by atoms with Gasteiger partial charge in [-0.1, -0.05) is 49.8 Å². The average Bonchev–Trinajstić information content (AvgIpc) is 2.50. The van der Waals surface area contributed by atoms with Gasteiger partial charge in [0.25, 0.3) is 0 Å². The molecule has 1 aromatic carbocycles. The van der Waals surface area contributed by atoms with Crippen molar-refractivity contribution < 1.29 is 9.18 Å². The van der Waals surface area contributed by atoms with E-state index in [9.17, 15) is 14.4 Å². The number of hydrogen-bond donors (Lipinski definition) is 0. The Morgan fingerprint density at radius 2 is 2.10 bits per heavy atom. The third-order valence-electron chi connectivity index (χ3n) is 4.26. The summed E-state index contributed by atoms with van der Waals surface area (Å²) in [6.07, 6.45) is 7.15. The highest BCUT2D eigenvalue weighted by atomic mass is 35.5. The summed E-state index contributed by atoms with van der Waals surface area (Å²) in [5.74, 6) is -1.34.